The standard InChI is InChI=1S/C19H23NO/c1-20-14-17(16-7-3-2-4-8-16)12-15-6-5-9-19(13-15)21-18-10-11-18/h2-9,13,17-18,20H,10-12,14H2,1H3. The Kier molecular flexibility index (Phi) is 4.56. The Hall–Kier alpha value is -1.80. The van der Waals surface area contributed by atoms with E-state index >= 15 is 0 Å². The highest BCUT2D eigenvalue weighted by Gasteiger charge is 2.23. The van der Waals surface area contributed by atoms with Gasteiger partial charge in [-0.3, -0.25) is 0 Å². The van der Waals surface area contributed by atoms with Gasteiger partial charge in [0.25, 0.3) is 0 Å². The van der Waals surface area contributed by atoms with E-state index in [1.165, 1.54) is 24.0 Å². The summed E-state index contributed by atoms with van der Waals surface area (Å²) in [6.07, 6.45) is 3.91. The van der Waals surface area contributed by atoms with Crippen molar-refractivity contribution >= 4 is 0 Å². The third kappa shape index (κ3) is 4.08. The zero-order valence-electron chi connectivity index (χ0n) is 12.6. The zero-order chi connectivity index (χ0) is 14.5. The summed E-state index contributed by atoms with van der Waals surface area (Å²) in [4.78, 5) is 0. The molecule has 2 heteroatoms. The Labute approximate surface area is 127 Å². The molecule has 0 spiro atoms. The van der Waals surface area contributed by atoms with Gasteiger partial charge in [-0.25, -0.2) is 0 Å². The Morgan fingerprint density at radius 3 is 2.62 bits per heavy atom. The fourth-order valence-electron chi connectivity index (χ4n) is 2.69. The lowest BCUT2D eigenvalue weighted by Crippen LogP contribution is -2.19. The van der Waals surface area contributed by atoms with Crippen LogP contribution in [0.15, 0.2) is 54.6 Å². The second-order valence-corrected chi connectivity index (χ2v) is 5.83. The van der Waals surface area contributed by atoms with Crippen LogP contribution in [0.5, 0.6) is 5.75 Å². The summed E-state index contributed by atoms with van der Waals surface area (Å²) in [5.41, 5.74) is 2.73. The summed E-state index contributed by atoms with van der Waals surface area (Å²) >= 11 is 0. The molecule has 1 saturated carbocycles. The summed E-state index contributed by atoms with van der Waals surface area (Å²) in [5.74, 6) is 1.51. The molecule has 0 bridgehead atoms. The van der Waals surface area contributed by atoms with Gasteiger partial charge in [0.2, 0.25) is 0 Å². The van der Waals surface area contributed by atoms with E-state index in [2.05, 4.69) is 59.9 Å². The van der Waals surface area contributed by atoms with E-state index < -0.39 is 0 Å². The normalized spacial score (nSPS) is 15.7. The van der Waals surface area contributed by atoms with Gasteiger partial charge in [-0.1, -0.05) is 42.5 Å². The molecule has 1 unspecified atom stereocenters. The monoisotopic (exact) mass is 281 g/mol. The Morgan fingerprint density at radius 1 is 1.10 bits per heavy atom. The smallest absolute Gasteiger partial charge is 0.119 e. The summed E-state index contributed by atoms with van der Waals surface area (Å²) in [6.45, 7) is 0.984. The second kappa shape index (κ2) is 6.77. The van der Waals surface area contributed by atoms with Crippen molar-refractivity contribution in [2.45, 2.75) is 31.3 Å². The molecule has 1 aliphatic rings. The molecule has 2 aromatic rings. The van der Waals surface area contributed by atoms with Crippen molar-refractivity contribution in [1.29, 1.82) is 0 Å². The molecule has 1 atom stereocenters. The van der Waals surface area contributed by atoms with E-state index in [1.807, 2.05) is 7.05 Å². The van der Waals surface area contributed by atoms with Crippen LogP contribution in [0.3, 0.4) is 0 Å². The van der Waals surface area contributed by atoms with Gasteiger partial charge in [-0.05, 0) is 49.6 Å². The van der Waals surface area contributed by atoms with Crippen LogP contribution in [0.4, 0.5) is 0 Å². The maximum Gasteiger partial charge on any atom is 0.119 e. The predicted molar refractivity (Wildman–Crippen MR) is 86.9 cm³/mol. The first-order valence-electron chi connectivity index (χ1n) is 7.80. The van der Waals surface area contributed by atoms with Crippen molar-refractivity contribution in [3.05, 3.63) is 65.7 Å². The molecule has 0 saturated heterocycles. The Morgan fingerprint density at radius 2 is 1.90 bits per heavy atom. The van der Waals surface area contributed by atoms with Gasteiger partial charge in [0, 0.05) is 12.5 Å². The average molecular weight is 281 g/mol. The minimum Gasteiger partial charge on any atom is -0.490 e. The quantitative estimate of drug-likeness (QED) is 0.834. The third-order valence-electron chi connectivity index (χ3n) is 3.93. The summed E-state index contributed by atoms with van der Waals surface area (Å²) < 4.78 is 5.90. The Balaban J connectivity index is 1.72. The first kappa shape index (κ1) is 14.2. The molecule has 2 aromatic carbocycles. The molecule has 0 heterocycles. The lowest BCUT2D eigenvalue weighted by molar-refractivity contribution is 0.303. The van der Waals surface area contributed by atoms with Gasteiger partial charge < -0.3 is 10.1 Å². The molecule has 1 fully saturated rings. The molecule has 0 aliphatic heterocycles. The highest BCUT2D eigenvalue weighted by molar-refractivity contribution is 5.31. The van der Waals surface area contributed by atoms with Gasteiger partial charge in [0.1, 0.15) is 5.75 Å². The maximum absolute atomic E-state index is 5.90. The summed E-state index contributed by atoms with van der Waals surface area (Å²) in [6, 6.07) is 19.3. The minimum atomic E-state index is 0.461. The second-order valence-electron chi connectivity index (χ2n) is 5.83. The first-order valence-corrected chi connectivity index (χ1v) is 7.80. The molecule has 110 valence electrons. The van der Waals surface area contributed by atoms with Gasteiger partial charge >= 0.3 is 0 Å². The van der Waals surface area contributed by atoms with E-state index in [9.17, 15) is 0 Å². The number of hydrogen-bond acceptors (Lipinski definition) is 2. The SMILES string of the molecule is CNCC(Cc1cccc(OC2CC2)c1)c1ccccc1. The highest BCUT2D eigenvalue weighted by Crippen LogP contribution is 2.28. The number of likely N-dealkylation sites (N-methyl/N-ethyl adjacent to an activating group) is 1. The van der Waals surface area contributed by atoms with Crippen LogP contribution in [-0.4, -0.2) is 19.7 Å². The van der Waals surface area contributed by atoms with E-state index in [0.29, 0.717) is 12.0 Å². The third-order valence-corrected chi connectivity index (χ3v) is 3.93. The molecular formula is C19H23NO. The fourth-order valence-corrected chi connectivity index (χ4v) is 2.69. The number of rotatable bonds is 7. The number of ether oxygens (including phenoxy) is 1. The zero-order valence-corrected chi connectivity index (χ0v) is 12.6. The van der Waals surface area contributed by atoms with Crippen molar-refractivity contribution < 1.29 is 4.74 Å². The first-order chi connectivity index (χ1) is 10.3. The fraction of sp³-hybridized carbons (Fsp3) is 0.368. The van der Waals surface area contributed by atoms with E-state index in [1.54, 1.807) is 0 Å². The molecule has 1 aliphatic carbocycles. The van der Waals surface area contributed by atoms with Crippen LogP contribution in [0, 0.1) is 0 Å². The molecule has 0 radical (unpaired) electrons. The minimum absolute atomic E-state index is 0.461. The van der Waals surface area contributed by atoms with E-state index in [-0.39, 0.29) is 0 Å². The number of nitrogens with one attached hydrogen (secondary N) is 1. The summed E-state index contributed by atoms with van der Waals surface area (Å²) in [7, 11) is 2.02. The van der Waals surface area contributed by atoms with Crippen molar-refractivity contribution in [3.8, 4) is 5.75 Å². The highest BCUT2D eigenvalue weighted by atomic mass is 16.5. The lowest BCUT2D eigenvalue weighted by Gasteiger charge is -2.17. The molecule has 0 aromatic heterocycles. The van der Waals surface area contributed by atoms with Crippen LogP contribution < -0.4 is 10.1 Å². The van der Waals surface area contributed by atoms with Crippen molar-refractivity contribution in [1.82, 2.24) is 5.32 Å². The number of hydrogen-bond donors (Lipinski definition) is 1. The average Bonchev–Trinajstić information content (AvgIpc) is 3.32. The van der Waals surface area contributed by atoms with Crippen LogP contribution in [0.25, 0.3) is 0 Å². The molecule has 21 heavy (non-hydrogen) atoms. The Bertz CT molecular complexity index is 563. The molecular weight excluding hydrogens is 258 g/mol. The summed E-state index contributed by atoms with van der Waals surface area (Å²) in [5, 5.41) is 3.31. The largest absolute Gasteiger partial charge is 0.490 e. The van der Waals surface area contributed by atoms with Crippen LogP contribution in [0.2, 0.25) is 0 Å². The van der Waals surface area contributed by atoms with Crippen molar-refractivity contribution in [2.75, 3.05) is 13.6 Å². The lowest BCUT2D eigenvalue weighted by atomic mass is 9.92. The molecule has 3 rings (SSSR count). The molecule has 2 nitrogen and oxygen atoms in total. The molecule has 1 N–H and O–H groups in total. The van der Waals surface area contributed by atoms with Gasteiger partial charge in [-0.2, -0.15) is 0 Å². The predicted octanol–water partition coefficient (Wildman–Crippen LogP) is 3.77. The maximum atomic E-state index is 5.90. The topological polar surface area (TPSA) is 21.3 Å². The van der Waals surface area contributed by atoms with Crippen LogP contribution in [0.1, 0.15) is 29.9 Å². The van der Waals surface area contributed by atoms with Gasteiger partial charge in [0.05, 0.1) is 6.10 Å². The van der Waals surface area contributed by atoms with Crippen molar-refractivity contribution in [3.63, 3.8) is 0 Å². The van der Waals surface area contributed by atoms with Crippen molar-refractivity contribution in [2.24, 2.45) is 0 Å². The van der Waals surface area contributed by atoms with E-state index in [0.717, 1.165) is 18.7 Å². The molecule has 0 amide bonds. The van der Waals surface area contributed by atoms with Crippen LogP contribution >= 0.6 is 0 Å². The van der Waals surface area contributed by atoms with Gasteiger partial charge in [0.15, 0.2) is 0 Å². The number of benzene rings is 2. The van der Waals surface area contributed by atoms with Crippen LogP contribution in [-0.2, 0) is 6.42 Å². The van der Waals surface area contributed by atoms with E-state index in [4.69, 9.17) is 4.74 Å². The van der Waals surface area contributed by atoms with Gasteiger partial charge in [-0.15, -0.1) is 0 Å².